The average molecular weight is 588 g/mol. The van der Waals surface area contributed by atoms with Crippen LogP contribution in [0.4, 0.5) is 0 Å². The summed E-state index contributed by atoms with van der Waals surface area (Å²) >= 11 is 3.61. The molecule has 8 bridgehead atoms. The van der Waals surface area contributed by atoms with Crippen LogP contribution in [0.5, 0.6) is 11.5 Å². The van der Waals surface area contributed by atoms with E-state index in [-0.39, 0.29) is 11.2 Å². The molecule has 8 aliphatic carbocycles. The van der Waals surface area contributed by atoms with Gasteiger partial charge in [0.1, 0.15) is 11.5 Å². The van der Waals surface area contributed by atoms with E-state index in [4.69, 9.17) is 18.9 Å². The van der Waals surface area contributed by atoms with Gasteiger partial charge in [0.25, 0.3) is 0 Å². The number of rotatable bonds is 13. The molecule has 0 aromatic heterocycles. The predicted octanol–water partition coefficient (Wildman–Crippen LogP) is 8.09. The Morgan fingerprint density at radius 3 is 1.26 bits per heavy atom. The molecular formula is C33H47BrO4. The zero-order valence-corrected chi connectivity index (χ0v) is 24.7. The quantitative estimate of drug-likeness (QED) is 0.173. The smallest absolute Gasteiger partial charge is 0.123 e. The lowest BCUT2D eigenvalue weighted by Crippen LogP contribution is -2.52. The van der Waals surface area contributed by atoms with Crippen molar-refractivity contribution in [3.8, 4) is 11.5 Å². The van der Waals surface area contributed by atoms with Gasteiger partial charge in [-0.15, -0.1) is 0 Å². The second kappa shape index (κ2) is 10.9. The van der Waals surface area contributed by atoms with Gasteiger partial charge in [-0.2, -0.15) is 0 Å². The van der Waals surface area contributed by atoms with Gasteiger partial charge in [-0.05, 0) is 130 Å². The summed E-state index contributed by atoms with van der Waals surface area (Å²) in [6.45, 7) is 3.02. The molecule has 38 heavy (non-hydrogen) atoms. The van der Waals surface area contributed by atoms with Crippen LogP contribution in [0.3, 0.4) is 0 Å². The highest BCUT2D eigenvalue weighted by molar-refractivity contribution is 9.08. The Bertz CT molecular complexity index is 833. The van der Waals surface area contributed by atoms with Gasteiger partial charge in [-0.25, -0.2) is 0 Å². The largest absolute Gasteiger partial charge is 0.493 e. The summed E-state index contributed by atoms with van der Waals surface area (Å²) in [6, 6.07) is 6.29. The van der Waals surface area contributed by atoms with E-state index in [1.54, 1.807) is 0 Å². The van der Waals surface area contributed by atoms with Crippen molar-refractivity contribution in [2.24, 2.45) is 35.5 Å². The van der Waals surface area contributed by atoms with Crippen LogP contribution in [0.25, 0.3) is 0 Å². The van der Waals surface area contributed by atoms with Crippen molar-refractivity contribution < 1.29 is 18.9 Å². The summed E-state index contributed by atoms with van der Waals surface area (Å²) in [5.41, 5.74) is 1.59. The highest BCUT2D eigenvalue weighted by Gasteiger charge is 2.52. The van der Waals surface area contributed by atoms with Gasteiger partial charge in [0, 0.05) is 24.2 Å². The fraction of sp³-hybridized carbons (Fsp3) is 0.818. The molecule has 0 heterocycles. The molecule has 9 rings (SSSR count). The lowest BCUT2D eigenvalue weighted by Gasteiger charge is -2.56. The van der Waals surface area contributed by atoms with Gasteiger partial charge in [-0.1, -0.05) is 15.9 Å². The highest BCUT2D eigenvalue weighted by atomic mass is 79.9. The first-order chi connectivity index (χ1) is 18.6. The topological polar surface area (TPSA) is 36.9 Å². The number of hydrogen-bond acceptors (Lipinski definition) is 4. The molecule has 0 aliphatic heterocycles. The van der Waals surface area contributed by atoms with Crippen molar-refractivity contribution in [2.75, 3.05) is 26.4 Å². The molecule has 1 aromatic rings. The molecule has 4 nitrogen and oxygen atoms in total. The van der Waals surface area contributed by atoms with Crippen molar-refractivity contribution >= 4 is 15.9 Å². The van der Waals surface area contributed by atoms with E-state index < -0.39 is 0 Å². The molecule has 8 fully saturated rings. The van der Waals surface area contributed by atoms with Gasteiger partial charge >= 0.3 is 0 Å². The summed E-state index contributed by atoms with van der Waals surface area (Å²) in [7, 11) is 0. The third-order valence-electron chi connectivity index (χ3n) is 11.0. The fourth-order valence-corrected chi connectivity index (χ4v) is 10.7. The minimum atomic E-state index is 0.199. The Morgan fingerprint density at radius 1 is 0.553 bits per heavy atom. The van der Waals surface area contributed by atoms with Crippen LogP contribution in [-0.2, 0) is 14.8 Å². The summed E-state index contributed by atoms with van der Waals surface area (Å²) in [6.07, 6.45) is 18.5. The van der Waals surface area contributed by atoms with Crippen molar-refractivity contribution in [1.29, 1.82) is 0 Å². The molecular weight excluding hydrogens is 540 g/mol. The molecule has 210 valence electrons. The van der Waals surface area contributed by atoms with E-state index in [2.05, 4.69) is 28.1 Å². The van der Waals surface area contributed by atoms with Crippen molar-refractivity contribution in [3.05, 3.63) is 23.8 Å². The lowest BCUT2D eigenvalue weighted by molar-refractivity contribution is -0.163. The minimum Gasteiger partial charge on any atom is -0.493 e. The molecule has 0 amide bonds. The van der Waals surface area contributed by atoms with E-state index in [0.717, 1.165) is 78.4 Å². The van der Waals surface area contributed by atoms with Gasteiger partial charge in [0.05, 0.1) is 37.6 Å². The second-order valence-corrected chi connectivity index (χ2v) is 14.8. The van der Waals surface area contributed by atoms with E-state index in [1.807, 2.05) is 6.07 Å². The number of halogens is 1. The maximum Gasteiger partial charge on any atom is 0.123 e. The zero-order valence-electron chi connectivity index (χ0n) is 23.1. The molecule has 5 heteroatoms. The third kappa shape index (κ3) is 5.68. The normalized spacial score (nSPS) is 40.1. The van der Waals surface area contributed by atoms with Crippen LogP contribution in [0, 0.1) is 35.5 Å². The fourth-order valence-electron chi connectivity index (χ4n) is 10.4. The van der Waals surface area contributed by atoms with E-state index >= 15 is 0 Å². The van der Waals surface area contributed by atoms with Gasteiger partial charge in [-0.3, -0.25) is 0 Å². The maximum atomic E-state index is 6.58. The van der Waals surface area contributed by atoms with Crippen molar-refractivity contribution in [2.45, 2.75) is 106 Å². The SMILES string of the molecule is BrCc1cc(OCCCOC23CC4CC(CC(C4)C2)C3)cc(OCCCOC23CC4CC(CC(C4)C2)C3)c1. The average Bonchev–Trinajstić information content (AvgIpc) is 2.86. The van der Waals surface area contributed by atoms with Gasteiger partial charge < -0.3 is 18.9 Å². The summed E-state index contributed by atoms with van der Waals surface area (Å²) in [5, 5.41) is 0.796. The van der Waals surface area contributed by atoms with Crippen LogP contribution in [-0.4, -0.2) is 37.6 Å². The Balaban J connectivity index is 0.836. The molecule has 0 saturated heterocycles. The van der Waals surface area contributed by atoms with E-state index in [0.29, 0.717) is 13.2 Å². The molecule has 0 N–H and O–H groups in total. The molecule has 8 aliphatic rings. The highest BCUT2D eigenvalue weighted by Crippen LogP contribution is 2.58. The van der Waals surface area contributed by atoms with Crippen LogP contribution >= 0.6 is 15.9 Å². The Labute approximate surface area is 238 Å². The van der Waals surface area contributed by atoms with Crippen molar-refractivity contribution in [1.82, 2.24) is 0 Å². The van der Waals surface area contributed by atoms with Gasteiger partial charge in [0.2, 0.25) is 0 Å². The van der Waals surface area contributed by atoms with Gasteiger partial charge in [0.15, 0.2) is 0 Å². The number of benzene rings is 1. The summed E-state index contributed by atoms with van der Waals surface area (Å²) in [5.74, 6) is 7.42. The van der Waals surface area contributed by atoms with Crippen molar-refractivity contribution in [3.63, 3.8) is 0 Å². The number of ether oxygens (including phenoxy) is 4. The number of alkyl halides is 1. The summed E-state index contributed by atoms with van der Waals surface area (Å²) < 4.78 is 25.5. The molecule has 0 spiro atoms. The lowest BCUT2D eigenvalue weighted by atomic mass is 9.54. The monoisotopic (exact) mass is 586 g/mol. The zero-order chi connectivity index (χ0) is 25.6. The maximum absolute atomic E-state index is 6.58. The predicted molar refractivity (Wildman–Crippen MR) is 153 cm³/mol. The third-order valence-corrected chi connectivity index (χ3v) is 11.6. The first kappa shape index (κ1) is 26.1. The van der Waals surface area contributed by atoms with Crippen LogP contribution in [0.1, 0.15) is 95.5 Å². The van der Waals surface area contributed by atoms with E-state index in [1.165, 1.54) is 82.6 Å². The summed E-state index contributed by atoms with van der Waals surface area (Å²) in [4.78, 5) is 0. The first-order valence-electron chi connectivity index (χ1n) is 15.8. The minimum absolute atomic E-state index is 0.199. The molecule has 0 atom stereocenters. The second-order valence-electron chi connectivity index (χ2n) is 14.2. The van der Waals surface area contributed by atoms with Crippen LogP contribution in [0.15, 0.2) is 18.2 Å². The Morgan fingerprint density at radius 2 is 0.921 bits per heavy atom. The molecule has 0 radical (unpaired) electrons. The molecule has 0 unspecified atom stereocenters. The van der Waals surface area contributed by atoms with Crippen LogP contribution < -0.4 is 9.47 Å². The Kier molecular flexibility index (Phi) is 7.49. The molecule has 1 aromatic carbocycles. The molecule has 8 saturated carbocycles. The number of hydrogen-bond donors (Lipinski definition) is 0. The standard InChI is InChI=1S/C33H47BrO4/c34-22-29-13-30(35-3-1-5-37-32-16-23-7-24(17-32)9-25(8-23)18-32)15-31(14-29)36-4-2-6-38-33-19-26-10-27(20-33)12-28(11-26)21-33/h13-15,23-28H,1-12,16-22H2. The van der Waals surface area contributed by atoms with E-state index in [9.17, 15) is 0 Å². The van der Waals surface area contributed by atoms with Crippen LogP contribution in [0.2, 0.25) is 0 Å². The first-order valence-corrected chi connectivity index (χ1v) is 16.9. The Hall–Kier alpha value is -0.780.